The van der Waals surface area contributed by atoms with Gasteiger partial charge in [0.15, 0.2) is 0 Å². The molecule has 2 aromatic carbocycles. The van der Waals surface area contributed by atoms with Gasteiger partial charge in [0.05, 0.1) is 23.5 Å². The van der Waals surface area contributed by atoms with Crippen LogP contribution < -0.4 is 9.79 Å². The van der Waals surface area contributed by atoms with Crippen molar-refractivity contribution in [2.24, 2.45) is 21.7 Å². The summed E-state index contributed by atoms with van der Waals surface area (Å²) >= 11 is 0. The first kappa shape index (κ1) is 44.6. The number of hydrogen-bond donors (Lipinski definition) is 2. The average Bonchev–Trinajstić information content (AvgIpc) is 2.78. The topological polar surface area (TPSA) is 139 Å². The number of phenols is 2. The number of rotatable bonds is 8. The van der Waals surface area contributed by atoms with E-state index < -0.39 is 47.2 Å². The number of aromatic hydroxyl groups is 2. The second kappa shape index (κ2) is 15.4. The molecule has 45 heavy (non-hydrogen) atoms. The maximum atomic E-state index is 13.2. The van der Waals surface area contributed by atoms with Crippen molar-refractivity contribution in [1.29, 1.82) is 0 Å². The first-order chi connectivity index (χ1) is 19.6. The van der Waals surface area contributed by atoms with Crippen LogP contribution in [0.2, 0.25) is 0 Å². The zero-order chi connectivity index (χ0) is 34.8. The van der Waals surface area contributed by atoms with Crippen molar-refractivity contribution in [1.82, 2.24) is 0 Å². The standard InChI is InChI=1S/2C17H29O4P.Ca/c2*1-8-21-22(19,20)17(15(2,3)4,16(5,6)7)13-9-11-14(18)12-10-13;/h2*9-12,18H,8H2,1-7H3,(H,19,20);/q;;+2/p-2. The van der Waals surface area contributed by atoms with Gasteiger partial charge in [0.2, 0.25) is 0 Å². The Morgan fingerprint density at radius 3 is 0.889 bits per heavy atom. The van der Waals surface area contributed by atoms with E-state index in [4.69, 9.17) is 9.05 Å². The van der Waals surface area contributed by atoms with Crippen LogP contribution in [0.5, 0.6) is 11.5 Å². The SMILES string of the molecule is CCOP(=O)([O-])C(c1ccc(O)cc1)(C(C)(C)C)C(C)(C)C.CCOP(=O)([O-])C(c1ccc(O)cc1)(C(C)(C)C)C(C)(C)C.[Ca+2]. The van der Waals surface area contributed by atoms with Crippen LogP contribution in [0.25, 0.3) is 0 Å². The Morgan fingerprint density at radius 2 is 0.733 bits per heavy atom. The van der Waals surface area contributed by atoms with Crippen LogP contribution in [0.4, 0.5) is 0 Å². The minimum Gasteiger partial charge on any atom is -0.778 e. The Kier molecular flexibility index (Phi) is 15.3. The third kappa shape index (κ3) is 8.61. The van der Waals surface area contributed by atoms with Gasteiger partial charge in [0, 0.05) is 0 Å². The number of benzene rings is 2. The molecule has 0 saturated heterocycles. The molecule has 0 fully saturated rings. The molecule has 0 amide bonds. The first-order valence-corrected chi connectivity index (χ1v) is 18.2. The summed E-state index contributed by atoms with van der Waals surface area (Å²) in [6.07, 6.45) is 0. The van der Waals surface area contributed by atoms with E-state index in [0.717, 1.165) is 0 Å². The van der Waals surface area contributed by atoms with Crippen LogP contribution in [0.3, 0.4) is 0 Å². The van der Waals surface area contributed by atoms with E-state index in [1.54, 1.807) is 38.1 Å². The second-order valence-electron chi connectivity index (χ2n) is 15.3. The van der Waals surface area contributed by atoms with E-state index in [2.05, 4.69) is 0 Å². The van der Waals surface area contributed by atoms with E-state index in [9.17, 15) is 29.1 Å². The summed E-state index contributed by atoms with van der Waals surface area (Å²) in [6, 6.07) is 12.8. The molecular formula is C34H56CaO8P2. The van der Waals surface area contributed by atoms with Crippen molar-refractivity contribution in [3.8, 4) is 11.5 Å². The molecule has 2 aromatic rings. The summed E-state index contributed by atoms with van der Waals surface area (Å²) in [4.78, 5) is 26.3. The summed E-state index contributed by atoms with van der Waals surface area (Å²) in [6.45, 7) is 26.5. The summed E-state index contributed by atoms with van der Waals surface area (Å²) in [7, 11) is -8.49. The van der Waals surface area contributed by atoms with Crippen molar-refractivity contribution >= 4 is 52.9 Å². The van der Waals surface area contributed by atoms with Crippen LogP contribution in [0.1, 0.15) is 108 Å². The molecule has 0 heterocycles. The molecule has 0 aromatic heterocycles. The molecule has 0 radical (unpaired) electrons. The molecule has 2 rings (SSSR count). The third-order valence-corrected chi connectivity index (χ3v) is 14.4. The van der Waals surface area contributed by atoms with Crippen LogP contribution in [0.15, 0.2) is 48.5 Å². The quantitative estimate of drug-likeness (QED) is 0.209. The van der Waals surface area contributed by atoms with Crippen molar-refractivity contribution in [2.45, 2.75) is 107 Å². The Morgan fingerprint density at radius 1 is 0.533 bits per heavy atom. The molecule has 0 bridgehead atoms. The Balaban J connectivity index is 0.000000842. The van der Waals surface area contributed by atoms with Gasteiger partial charge in [-0.05, 0) is 70.9 Å². The van der Waals surface area contributed by atoms with Gasteiger partial charge < -0.3 is 38.2 Å². The van der Waals surface area contributed by atoms with Crippen LogP contribution in [0, 0.1) is 21.7 Å². The largest absolute Gasteiger partial charge is 2.00 e. The number of phenolic OH excluding ortho intramolecular Hbond substituents is 2. The predicted molar refractivity (Wildman–Crippen MR) is 182 cm³/mol. The molecule has 0 aliphatic heterocycles. The van der Waals surface area contributed by atoms with Gasteiger partial charge >= 0.3 is 37.7 Å². The first-order valence-electron chi connectivity index (χ1n) is 15.1. The zero-order valence-electron chi connectivity index (χ0n) is 30.0. The van der Waals surface area contributed by atoms with Crippen molar-refractivity contribution < 1.29 is 38.2 Å². The monoisotopic (exact) mass is 694 g/mol. The smallest absolute Gasteiger partial charge is 0.778 e. The zero-order valence-corrected chi connectivity index (χ0v) is 34.0. The molecule has 252 valence electrons. The summed E-state index contributed by atoms with van der Waals surface area (Å²) in [5.74, 6) is 0.218. The van der Waals surface area contributed by atoms with Crippen LogP contribution >= 0.6 is 15.2 Å². The fourth-order valence-corrected chi connectivity index (χ4v) is 13.2. The van der Waals surface area contributed by atoms with Gasteiger partial charge in [-0.25, -0.2) is 0 Å². The van der Waals surface area contributed by atoms with Crippen molar-refractivity contribution in [3.63, 3.8) is 0 Å². The minimum atomic E-state index is -4.25. The van der Waals surface area contributed by atoms with E-state index in [-0.39, 0.29) is 62.5 Å². The maximum Gasteiger partial charge on any atom is 2.00 e. The van der Waals surface area contributed by atoms with Crippen LogP contribution in [-0.2, 0) is 28.5 Å². The predicted octanol–water partition coefficient (Wildman–Crippen LogP) is 8.16. The van der Waals surface area contributed by atoms with Gasteiger partial charge in [0.25, 0.3) is 0 Å². The molecule has 0 aliphatic rings. The maximum absolute atomic E-state index is 13.2. The molecular weight excluding hydrogens is 638 g/mol. The summed E-state index contributed by atoms with van der Waals surface area (Å²) in [5.41, 5.74) is -1.14. The van der Waals surface area contributed by atoms with Crippen LogP contribution in [-0.4, -0.2) is 61.2 Å². The van der Waals surface area contributed by atoms with Crippen molar-refractivity contribution in [3.05, 3.63) is 59.7 Å². The molecule has 0 spiro atoms. The molecule has 2 atom stereocenters. The Bertz CT molecular complexity index is 1180. The van der Waals surface area contributed by atoms with Gasteiger partial charge in [0.1, 0.15) is 26.7 Å². The fraction of sp³-hybridized carbons (Fsp3) is 0.647. The summed E-state index contributed by atoms with van der Waals surface area (Å²) in [5, 5.41) is 16.7. The van der Waals surface area contributed by atoms with Gasteiger partial charge in [-0.2, -0.15) is 0 Å². The third-order valence-electron chi connectivity index (χ3n) is 8.33. The molecule has 2 N–H and O–H groups in total. The van der Waals surface area contributed by atoms with Gasteiger partial charge in [-0.15, -0.1) is 0 Å². The fourth-order valence-electron chi connectivity index (χ4n) is 7.88. The molecule has 0 aliphatic carbocycles. The molecule has 8 nitrogen and oxygen atoms in total. The normalized spacial score (nSPS) is 16.0. The van der Waals surface area contributed by atoms with E-state index in [0.29, 0.717) is 11.1 Å². The minimum absolute atomic E-state index is 0. The Hall–Kier alpha value is -0.400. The number of hydrogen-bond acceptors (Lipinski definition) is 8. The Labute approximate surface area is 302 Å². The van der Waals surface area contributed by atoms with E-state index in [1.165, 1.54) is 24.3 Å². The molecule has 2 unspecified atom stereocenters. The van der Waals surface area contributed by atoms with E-state index in [1.807, 2.05) is 83.1 Å². The van der Waals surface area contributed by atoms with Crippen molar-refractivity contribution in [2.75, 3.05) is 13.2 Å². The van der Waals surface area contributed by atoms with Gasteiger partial charge in [-0.3, -0.25) is 0 Å². The molecule has 11 heteroatoms. The average molecular weight is 695 g/mol. The van der Waals surface area contributed by atoms with Gasteiger partial charge in [-0.1, -0.05) is 107 Å². The molecule has 0 saturated carbocycles. The summed E-state index contributed by atoms with van der Waals surface area (Å²) < 4.78 is 36.9. The van der Waals surface area contributed by atoms with E-state index >= 15 is 0 Å². The second-order valence-corrected chi connectivity index (χ2v) is 19.2.